The predicted molar refractivity (Wildman–Crippen MR) is 63.6 cm³/mol. The third kappa shape index (κ3) is 2.28. The monoisotopic (exact) mass is 267 g/mol. The Morgan fingerprint density at radius 2 is 2.00 bits per heavy atom. The minimum atomic E-state index is -0.613. The zero-order valence-electron chi connectivity index (χ0n) is 7.45. The molecule has 2 atom stereocenters. The van der Waals surface area contributed by atoms with Gasteiger partial charge in [0.1, 0.15) is 3.78 Å². The van der Waals surface area contributed by atoms with Gasteiger partial charge in [0.05, 0.1) is 0 Å². The lowest BCUT2D eigenvalue weighted by atomic mass is 9.95. The zero-order chi connectivity index (χ0) is 10.0. The molecule has 0 amide bonds. The Balaban J connectivity index is 2.22. The quantitative estimate of drug-likeness (QED) is 0.533. The van der Waals surface area contributed by atoms with Crippen molar-refractivity contribution in [3.8, 4) is 0 Å². The molecule has 1 aromatic rings. The molecule has 2 heteroatoms. The first-order valence-corrected chi connectivity index (χ1v) is 5.58. The highest BCUT2D eigenvalue weighted by Crippen LogP contribution is 2.33. The van der Waals surface area contributed by atoms with Crippen molar-refractivity contribution in [3.05, 3.63) is 60.2 Å². The lowest BCUT2D eigenvalue weighted by molar-refractivity contribution is 1.01. The van der Waals surface area contributed by atoms with Gasteiger partial charge in [0.25, 0.3) is 0 Å². The summed E-state index contributed by atoms with van der Waals surface area (Å²) in [6.07, 6.45) is 9.05. The summed E-state index contributed by atoms with van der Waals surface area (Å²) in [4.78, 5) is 0. The van der Waals surface area contributed by atoms with Crippen LogP contribution in [-0.4, -0.2) is 3.78 Å². The van der Waals surface area contributed by atoms with Crippen LogP contribution in [0.3, 0.4) is 0 Å². The van der Waals surface area contributed by atoms with Gasteiger partial charge in [-0.25, -0.2) is 0 Å². The molecule has 0 aliphatic heterocycles. The summed E-state index contributed by atoms with van der Waals surface area (Å²) in [5.41, 5.74) is 1.26. The first-order valence-electron chi connectivity index (χ1n) is 4.40. The van der Waals surface area contributed by atoms with Crippen molar-refractivity contribution in [3.63, 3.8) is 0 Å². The number of hydrogen-bond donors (Lipinski definition) is 0. The van der Waals surface area contributed by atoms with Crippen LogP contribution in [0.4, 0.5) is 0 Å². The van der Waals surface area contributed by atoms with E-state index in [1.165, 1.54) is 5.56 Å². The first kappa shape index (κ1) is 10.0. The largest absolute Gasteiger partial charge is 0.142 e. The van der Waals surface area contributed by atoms with Gasteiger partial charge in [-0.15, -0.1) is 0 Å². The molecule has 2 rings (SSSR count). The second-order valence-electron chi connectivity index (χ2n) is 3.23. The molecule has 0 saturated heterocycles. The summed E-state index contributed by atoms with van der Waals surface area (Å²) in [5, 5.41) is 0. The molecule has 1 radical (unpaired) electrons. The molecule has 71 valence electrons. The summed E-state index contributed by atoms with van der Waals surface area (Å²) >= 11 is 9.34. The summed E-state index contributed by atoms with van der Waals surface area (Å²) in [6, 6.07) is 10.3. The molecule has 0 fully saturated rings. The van der Waals surface area contributed by atoms with Crippen molar-refractivity contribution in [1.82, 2.24) is 0 Å². The second kappa shape index (κ2) is 3.92. The van der Waals surface area contributed by atoms with E-state index in [0.717, 1.165) is 0 Å². The maximum absolute atomic E-state index is 6.01. The number of rotatable bonds is 1. The van der Waals surface area contributed by atoms with Gasteiger partial charge in [-0.05, 0) is 11.6 Å². The van der Waals surface area contributed by atoms with Crippen LogP contribution in [0, 0.1) is 6.08 Å². The third-order valence-corrected chi connectivity index (χ3v) is 2.88. The van der Waals surface area contributed by atoms with Crippen LogP contribution in [0.5, 0.6) is 0 Å². The molecule has 1 aliphatic rings. The summed E-state index contributed by atoms with van der Waals surface area (Å²) in [5.74, 6) is 0.292. The second-order valence-corrected chi connectivity index (χ2v) is 5.53. The van der Waals surface area contributed by atoms with E-state index in [1.807, 2.05) is 30.4 Å². The molecule has 0 aromatic heterocycles. The van der Waals surface area contributed by atoms with Gasteiger partial charge in [0.15, 0.2) is 0 Å². The molecule has 1 aromatic carbocycles. The van der Waals surface area contributed by atoms with Crippen LogP contribution in [0.2, 0.25) is 0 Å². The van der Waals surface area contributed by atoms with Gasteiger partial charge in [0, 0.05) is 5.92 Å². The van der Waals surface area contributed by atoms with E-state index in [1.54, 1.807) is 0 Å². The summed E-state index contributed by atoms with van der Waals surface area (Å²) in [6.45, 7) is 0. The molecule has 0 bridgehead atoms. The fourth-order valence-electron chi connectivity index (χ4n) is 1.41. The molecular formula is C12H9BrCl. The average molecular weight is 269 g/mol. The van der Waals surface area contributed by atoms with E-state index in [0.29, 0.717) is 5.92 Å². The van der Waals surface area contributed by atoms with Crippen molar-refractivity contribution in [2.45, 2.75) is 9.70 Å². The molecule has 0 nitrogen and oxygen atoms in total. The standard InChI is InChI=1S/C12H9BrCl/c13-12(14)8-6-11(7-9-12)10-4-2-1-3-5-10/h1-8,11H. The van der Waals surface area contributed by atoms with E-state index in [2.05, 4.69) is 40.2 Å². The van der Waals surface area contributed by atoms with Crippen LogP contribution in [-0.2, 0) is 0 Å². The molecule has 14 heavy (non-hydrogen) atoms. The number of benzene rings is 1. The molecular weight excluding hydrogens is 259 g/mol. The van der Waals surface area contributed by atoms with Gasteiger partial charge in [0.2, 0.25) is 0 Å². The number of allylic oxidation sites excluding steroid dienone is 4. The Morgan fingerprint density at radius 1 is 1.29 bits per heavy atom. The van der Waals surface area contributed by atoms with E-state index in [4.69, 9.17) is 11.6 Å². The lowest BCUT2D eigenvalue weighted by Gasteiger charge is -2.18. The van der Waals surface area contributed by atoms with Gasteiger partial charge >= 0.3 is 0 Å². The topological polar surface area (TPSA) is 0 Å². The Kier molecular flexibility index (Phi) is 2.80. The summed E-state index contributed by atoms with van der Waals surface area (Å²) in [7, 11) is 0. The van der Waals surface area contributed by atoms with Crippen molar-refractivity contribution in [2.75, 3.05) is 0 Å². The molecule has 0 N–H and O–H groups in total. The van der Waals surface area contributed by atoms with Gasteiger partial charge in [-0.2, -0.15) is 0 Å². The Labute approximate surface area is 97.4 Å². The minimum Gasteiger partial charge on any atom is -0.0968 e. The van der Waals surface area contributed by atoms with E-state index in [-0.39, 0.29) is 0 Å². The summed E-state index contributed by atoms with van der Waals surface area (Å²) < 4.78 is -0.613. The SMILES string of the molecule is ClC1(Br)[C]=CC(c2ccccc2)C=C1. The highest BCUT2D eigenvalue weighted by atomic mass is 79.9. The number of halogens is 2. The number of hydrogen-bond acceptors (Lipinski definition) is 0. The lowest BCUT2D eigenvalue weighted by Crippen LogP contribution is -2.09. The fraction of sp³-hybridized carbons (Fsp3) is 0.167. The van der Waals surface area contributed by atoms with Gasteiger partial charge in [-0.1, -0.05) is 76.1 Å². The van der Waals surface area contributed by atoms with Crippen molar-refractivity contribution in [2.24, 2.45) is 0 Å². The maximum Gasteiger partial charge on any atom is 0.142 e. The Bertz CT molecular complexity index is 349. The van der Waals surface area contributed by atoms with Crippen LogP contribution >= 0.6 is 27.5 Å². The first-order chi connectivity index (χ1) is 6.67. The Hall–Kier alpha value is -0.530. The zero-order valence-corrected chi connectivity index (χ0v) is 9.79. The smallest absolute Gasteiger partial charge is 0.0968 e. The van der Waals surface area contributed by atoms with Crippen LogP contribution in [0.1, 0.15) is 11.5 Å². The third-order valence-electron chi connectivity index (χ3n) is 2.15. The van der Waals surface area contributed by atoms with Crippen molar-refractivity contribution < 1.29 is 0 Å². The van der Waals surface area contributed by atoms with Crippen LogP contribution < -0.4 is 0 Å². The van der Waals surface area contributed by atoms with Crippen molar-refractivity contribution in [1.29, 1.82) is 0 Å². The molecule has 0 saturated carbocycles. The highest BCUT2D eigenvalue weighted by molar-refractivity contribution is 9.10. The number of alkyl halides is 2. The highest BCUT2D eigenvalue weighted by Gasteiger charge is 2.20. The average Bonchev–Trinajstić information content (AvgIpc) is 2.19. The van der Waals surface area contributed by atoms with E-state index in [9.17, 15) is 0 Å². The van der Waals surface area contributed by atoms with Crippen LogP contribution in [0.25, 0.3) is 0 Å². The van der Waals surface area contributed by atoms with E-state index < -0.39 is 3.78 Å². The van der Waals surface area contributed by atoms with Crippen LogP contribution in [0.15, 0.2) is 48.6 Å². The maximum atomic E-state index is 6.01. The minimum absolute atomic E-state index is 0.292. The molecule has 0 spiro atoms. The predicted octanol–water partition coefficient (Wildman–Crippen LogP) is 4.03. The van der Waals surface area contributed by atoms with Crippen molar-refractivity contribution >= 4 is 27.5 Å². The van der Waals surface area contributed by atoms with E-state index >= 15 is 0 Å². The molecule has 2 unspecified atom stereocenters. The molecule has 0 heterocycles. The fourth-order valence-corrected chi connectivity index (χ4v) is 1.83. The van der Waals surface area contributed by atoms with Gasteiger partial charge < -0.3 is 0 Å². The molecule has 1 aliphatic carbocycles. The van der Waals surface area contributed by atoms with Gasteiger partial charge in [-0.3, -0.25) is 0 Å². The normalized spacial score (nSPS) is 30.6. The Morgan fingerprint density at radius 3 is 2.57 bits per heavy atom.